The Morgan fingerprint density at radius 1 is 1.06 bits per heavy atom. The number of halogens is 1. The lowest BCUT2D eigenvalue weighted by molar-refractivity contribution is 0.270. The topological polar surface area (TPSA) is 65.9 Å². The van der Waals surface area contributed by atoms with Gasteiger partial charge in [-0.05, 0) is 50.1 Å². The number of allylic oxidation sites excluding steroid dienone is 1. The molecule has 0 unspecified atom stereocenters. The summed E-state index contributed by atoms with van der Waals surface area (Å²) in [7, 11) is 0. The number of hydrogen-bond acceptors (Lipinski definition) is 7. The van der Waals surface area contributed by atoms with Crippen LogP contribution in [-0.4, -0.2) is 60.0 Å². The highest BCUT2D eigenvalue weighted by Gasteiger charge is 2.22. The Morgan fingerprint density at radius 3 is 2.61 bits per heavy atom. The molecule has 33 heavy (non-hydrogen) atoms. The summed E-state index contributed by atoms with van der Waals surface area (Å²) in [5, 5.41) is 3.26. The lowest BCUT2D eigenvalue weighted by Crippen LogP contribution is -2.46. The minimum Gasteiger partial charge on any atom is -0.421 e. The molecule has 8 heteroatoms. The summed E-state index contributed by atoms with van der Waals surface area (Å²) in [5.41, 5.74) is 3.89. The minimum atomic E-state index is -0.372. The minimum absolute atomic E-state index is 0.116. The summed E-state index contributed by atoms with van der Waals surface area (Å²) < 4.78 is 21.1. The van der Waals surface area contributed by atoms with Crippen LogP contribution in [0.1, 0.15) is 31.9 Å². The van der Waals surface area contributed by atoms with Crippen LogP contribution in [-0.2, 0) is 6.42 Å². The lowest BCUT2D eigenvalue weighted by Gasteiger charge is -2.34. The van der Waals surface area contributed by atoms with Gasteiger partial charge in [0, 0.05) is 37.8 Å². The van der Waals surface area contributed by atoms with Crippen LogP contribution >= 0.6 is 0 Å². The molecular formula is C25H29FN6O. The highest BCUT2D eigenvalue weighted by atomic mass is 19.1. The molecule has 0 spiro atoms. The number of nitrogens with one attached hydrogen (secondary N) is 1. The SMILES string of the molecule is CCN1CCN(c2cc(NC3=NCC(C)=C3)nc(Oc3ccc4c(c3F)C=C(C)C4)n2)CC1. The summed E-state index contributed by atoms with van der Waals surface area (Å²) in [5.74, 6) is 1.85. The number of anilines is 2. The largest absolute Gasteiger partial charge is 0.421 e. The van der Waals surface area contributed by atoms with Crippen LogP contribution in [0.3, 0.4) is 0 Å². The number of fused-ring (bicyclic) bond motifs is 1. The van der Waals surface area contributed by atoms with Crippen molar-refractivity contribution in [2.75, 3.05) is 49.5 Å². The predicted octanol–water partition coefficient (Wildman–Crippen LogP) is 4.28. The Morgan fingerprint density at radius 2 is 1.88 bits per heavy atom. The number of ether oxygens (including phenoxy) is 1. The maximum absolute atomic E-state index is 15.2. The fourth-order valence-corrected chi connectivity index (χ4v) is 4.42. The Balaban J connectivity index is 1.45. The van der Waals surface area contributed by atoms with Crippen molar-refractivity contribution in [2.45, 2.75) is 27.2 Å². The third kappa shape index (κ3) is 4.61. The number of rotatable bonds is 5. The van der Waals surface area contributed by atoms with Crippen molar-refractivity contribution < 1.29 is 9.13 Å². The molecule has 1 aromatic carbocycles. The van der Waals surface area contributed by atoms with E-state index in [1.807, 2.05) is 38.1 Å². The Labute approximate surface area is 193 Å². The average Bonchev–Trinajstić information content (AvgIpc) is 3.40. The third-order valence-corrected chi connectivity index (χ3v) is 6.27. The molecule has 0 amide bonds. The quantitative estimate of drug-likeness (QED) is 0.737. The van der Waals surface area contributed by atoms with E-state index in [9.17, 15) is 0 Å². The molecule has 1 aromatic heterocycles. The van der Waals surface area contributed by atoms with Gasteiger partial charge in [-0.2, -0.15) is 9.97 Å². The zero-order valence-corrected chi connectivity index (χ0v) is 19.4. The molecule has 1 saturated heterocycles. The van der Waals surface area contributed by atoms with E-state index < -0.39 is 0 Å². The molecule has 2 aromatic rings. The fourth-order valence-electron chi connectivity index (χ4n) is 4.42. The molecule has 0 bridgehead atoms. The molecule has 172 valence electrons. The van der Waals surface area contributed by atoms with Crippen molar-refractivity contribution in [2.24, 2.45) is 4.99 Å². The Hall–Kier alpha value is -3.26. The summed E-state index contributed by atoms with van der Waals surface area (Å²) in [6.07, 6.45) is 4.64. The fraction of sp³-hybridized carbons (Fsp3) is 0.400. The first-order chi connectivity index (χ1) is 16.0. The van der Waals surface area contributed by atoms with Gasteiger partial charge in [0.15, 0.2) is 11.6 Å². The molecule has 7 nitrogen and oxygen atoms in total. The van der Waals surface area contributed by atoms with E-state index >= 15 is 4.39 Å². The van der Waals surface area contributed by atoms with Crippen molar-refractivity contribution in [3.8, 4) is 11.8 Å². The second-order valence-electron chi connectivity index (χ2n) is 8.85. The van der Waals surface area contributed by atoms with Crippen molar-refractivity contribution in [1.82, 2.24) is 14.9 Å². The van der Waals surface area contributed by atoms with E-state index in [0.717, 1.165) is 61.9 Å². The van der Waals surface area contributed by atoms with Gasteiger partial charge in [0.25, 0.3) is 0 Å². The number of likely N-dealkylation sites (N-methyl/N-ethyl adjacent to an activating group) is 1. The first-order valence-corrected chi connectivity index (χ1v) is 11.5. The molecule has 3 heterocycles. The zero-order chi connectivity index (χ0) is 22.9. The highest BCUT2D eigenvalue weighted by molar-refractivity contribution is 6.05. The van der Waals surface area contributed by atoms with Gasteiger partial charge >= 0.3 is 6.01 Å². The van der Waals surface area contributed by atoms with Crippen molar-refractivity contribution in [1.29, 1.82) is 0 Å². The maximum atomic E-state index is 15.2. The van der Waals surface area contributed by atoms with Crippen molar-refractivity contribution in [3.05, 3.63) is 52.4 Å². The average molecular weight is 449 g/mol. The maximum Gasteiger partial charge on any atom is 0.326 e. The Bertz CT molecular complexity index is 1160. The summed E-state index contributed by atoms with van der Waals surface area (Å²) in [6.45, 7) is 11.6. The highest BCUT2D eigenvalue weighted by Crippen LogP contribution is 2.34. The van der Waals surface area contributed by atoms with E-state index in [-0.39, 0.29) is 17.6 Å². The molecule has 0 radical (unpaired) electrons. The van der Waals surface area contributed by atoms with Gasteiger partial charge in [0.05, 0.1) is 6.54 Å². The normalized spacial score (nSPS) is 18.1. The molecule has 0 saturated carbocycles. The van der Waals surface area contributed by atoms with E-state index in [2.05, 4.69) is 37.0 Å². The van der Waals surface area contributed by atoms with Gasteiger partial charge in [-0.3, -0.25) is 4.99 Å². The summed E-state index contributed by atoms with van der Waals surface area (Å²) >= 11 is 0. The second-order valence-corrected chi connectivity index (χ2v) is 8.85. The summed E-state index contributed by atoms with van der Waals surface area (Å²) in [6, 6.07) is 5.60. The lowest BCUT2D eigenvalue weighted by atomic mass is 10.1. The van der Waals surface area contributed by atoms with E-state index in [1.54, 1.807) is 6.07 Å². The van der Waals surface area contributed by atoms with Crippen LogP contribution in [0.4, 0.5) is 16.0 Å². The number of nitrogens with zero attached hydrogens (tertiary/aromatic N) is 5. The van der Waals surface area contributed by atoms with E-state index in [1.165, 1.54) is 5.57 Å². The van der Waals surface area contributed by atoms with Crippen LogP contribution in [0.15, 0.2) is 40.4 Å². The molecule has 1 aliphatic carbocycles. The van der Waals surface area contributed by atoms with Crippen LogP contribution in [0.25, 0.3) is 6.08 Å². The molecule has 2 aliphatic heterocycles. The van der Waals surface area contributed by atoms with Crippen LogP contribution < -0.4 is 15.0 Å². The van der Waals surface area contributed by atoms with Gasteiger partial charge in [-0.15, -0.1) is 0 Å². The van der Waals surface area contributed by atoms with E-state index in [0.29, 0.717) is 17.9 Å². The first-order valence-electron chi connectivity index (χ1n) is 11.5. The molecule has 0 atom stereocenters. The van der Waals surface area contributed by atoms with Crippen molar-refractivity contribution >= 4 is 23.5 Å². The molecule has 1 fully saturated rings. The molecule has 1 N–H and O–H groups in total. The van der Waals surface area contributed by atoms with Crippen LogP contribution in [0.5, 0.6) is 11.8 Å². The second kappa shape index (κ2) is 8.94. The van der Waals surface area contributed by atoms with Gasteiger partial charge in [-0.25, -0.2) is 4.39 Å². The number of amidine groups is 1. The monoisotopic (exact) mass is 448 g/mol. The van der Waals surface area contributed by atoms with Crippen LogP contribution in [0, 0.1) is 5.82 Å². The Kier molecular flexibility index (Phi) is 5.85. The standard InChI is InChI=1S/C25H29FN6O/c1-4-31-7-9-32(10-8-31)23-14-22(28-21-13-17(3)15-27-21)29-25(30-23)33-20-6-5-18-11-16(2)12-19(18)24(20)26/h5-6,12-14H,4,7-11,15H2,1-3H3,(H,27,28,29,30). The van der Waals surface area contributed by atoms with Crippen LogP contribution in [0.2, 0.25) is 0 Å². The van der Waals surface area contributed by atoms with Crippen molar-refractivity contribution in [3.63, 3.8) is 0 Å². The number of piperazine rings is 1. The first kappa shape index (κ1) is 21.6. The number of benzene rings is 1. The zero-order valence-electron chi connectivity index (χ0n) is 19.4. The van der Waals surface area contributed by atoms with Gasteiger partial charge in [-0.1, -0.05) is 24.6 Å². The number of aromatic nitrogens is 2. The third-order valence-electron chi connectivity index (χ3n) is 6.27. The molecule has 5 rings (SSSR count). The molecule has 3 aliphatic rings. The smallest absolute Gasteiger partial charge is 0.326 e. The number of aliphatic imine (C=N–C) groups is 1. The number of hydrogen-bond donors (Lipinski definition) is 1. The van der Waals surface area contributed by atoms with Gasteiger partial charge in [0.1, 0.15) is 17.5 Å². The van der Waals surface area contributed by atoms with Gasteiger partial charge < -0.3 is 19.9 Å². The molecular weight excluding hydrogens is 419 g/mol. The predicted molar refractivity (Wildman–Crippen MR) is 130 cm³/mol. The van der Waals surface area contributed by atoms with Gasteiger partial charge in [0.2, 0.25) is 0 Å². The van der Waals surface area contributed by atoms with E-state index in [4.69, 9.17) is 4.74 Å². The summed E-state index contributed by atoms with van der Waals surface area (Å²) in [4.78, 5) is 18.3.